The summed E-state index contributed by atoms with van der Waals surface area (Å²) >= 11 is 0. The van der Waals surface area contributed by atoms with E-state index in [-0.39, 0.29) is 12.5 Å². The molecule has 0 aliphatic heterocycles. The maximum atomic E-state index is 10.0. The van der Waals surface area contributed by atoms with Crippen LogP contribution in [0.4, 0.5) is 0 Å². The monoisotopic (exact) mass is 161 g/mol. The number of nitrogens with one attached hydrogen (secondary N) is 1. The third kappa shape index (κ3) is 5.82. The van der Waals surface area contributed by atoms with Crippen LogP contribution in [0, 0.1) is 0 Å². The van der Waals surface area contributed by atoms with Crippen molar-refractivity contribution in [3.63, 3.8) is 0 Å². The lowest BCUT2D eigenvalue weighted by molar-refractivity contribution is -0.136. The molecule has 0 aromatic heterocycles. The Morgan fingerprint density at radius 2 is 2.09 bits per heavy atom. The predicted molar refractivity (Wildman–Crippen MR) is 41.4 cm³/mol. The van der Waals surface area contributed by atoms with Gasteiger partial charge in [-0.25, -0.2) is 0 Å². The summed E-state index contributed by atoms with van der Waals surface area (Å²) < 4.78 is 0. The number of hydrogen-bond acceptors (Lipinski definition) is 3. The van der Waals surface area contributed by atoms with E-state index in [1.807, 2.05) is 6.92 Å². The molecular formula is C7H15NO3. The van der Waals surface area contributed by atoms with E-state index in [1.165, 1.54) is 0 Å². The summed E-state index contributed by atoms with van der Waals surface area (Å²) in [5, 5.41) is 20.1. The van der Waals surface area contributed by atoms with E-state index in [9.17, 15) is 4.79 Å². The molecule has 0 radical (unpaired) electrons. The van der Waals surface area contributed by atoms with Crippen molar-refractivity contribution in [3.8, 4) is 0 Å². The Bertz CT molecular complexity index is 125. The fraction of sp³-hybridized carbons (Fsp3) is 0.857. The van der Waals surface area contributed by atoms with Gasteiger partial charge in [-0.2, -0.15) is 0 Å². The van der Waals surface area contributed by atoms with Gasteiger partial charge in [-0.3, -0.25) is 4.79 Å². The summed E-state index contributed by atoms with van der Waals surface area (Å²) in [4.78, 5) is 10.0. The summed E-state index contributed by atoms with van der Waals surface area (Å²) in [5.41, 5.74) is 0. The molecule has 0 aromatic carbocycles. The van der Waals surface area contributed by atoms with Crippen molar-refractivity contribution in [2.24, 2.45) is 0 Å². The SMILES string of the molecule is CC(O)C(C)NCCC(=O)O. The Morgan fingerprint density at radius 1 is 1.55 bits per heavy atom. The number of carbonyl (C=O) groups is 1. The highest BCUT2D eigenvalue weighted by Crippen LogP contribution is 1.89. The van der Waals surface area contributed by atoms with Gasteiger partial charge < -0.3 is 15.5 Å². The molecule has 66 valence electrons. The molecule has 2 unspecified atom stereocenters. The van der Waals surface area contributed by atoms with Crippen LogP contribution >= 0.6 is 0 Å². The summed E-state index contributed by atoms with van der Waals surface area (Å²) in [6.07, 6.45) is -0.347. The Kier molecular flexibility index (Phi) is 4.81. The van der Waals surface area contributed by atoms with E-state index in [0.717, 1.165) is 0 Å². The zero-order chi connectivity index (χ0) is 8.85. The van der Waals surface area contributed by atoms with Gasteiger partial charge in [-0.15, -0.1) is 0 Å². The normalized spacial score (nSPS) is 15.9. The van der Waals surface area contributed by atoms with Crippen molar-refractivity contribution in [3.05, 3.63) is 0 Å². The van der Waals surface area contributed by atoms with E-state index in [4.69, 9.17) is 10.2 Å². The second kappa shape index (κ2) is 5.09. The minimum absolute atomic E-state index is 0.0469. The molecule has 4 heteroatoms. The zero-order valence-electron chi connectivity index (χ0n) is 6.87. The second-order valence-corrected chi connectivity index (χ2v) is 2.63. The van der Waals surface area contributed by atoms with Gasteiger partial charge in [0.05, 0.1) is 12.5 Å². The van der Waals surface area contributed by atoms with Gasteiger partial charge >= 0.3 is 5.97 Å². The summed E-state index contributed by atoms with van der Waals surface area (Å²) in [6.45, 7) is 3.88. The summed E-state index contributed by atoms with van der Waals surface area (Å²) in [7, 11) is 0. The van der Waals surface area contributed by atoms with Crippen molar-refractivity contribution in [2.75, 3.05) is 6.54 Å². The van der Waals surface area contributed by atoms with E-state index in [2.05, 4.69) is 5.32 Å². The van der Waals surface area contributed by atoms with E-state index >= 15 is 0 Å². The summed E-state index contributed by atoms with van der Waals surface area (Å²) in [6, 6.07) is -0.0469. The molecule has 0 fully saturated rings. The van der Waals surface area contributed by atoms with Crippen LogP contribution in [0.25, 0.3) is 0 Å². The minimum Gasteiger partial charge on any atom is -0.481 e. The summed E-state index contributed by atoms with van der Waals surface area (Å²) in [5.74, 6) is -0.824. The highest BCUT2D eigenvalue weighted by atomic mass is 16.4. The Morgan fingerprint density at radius 3 is 2.45 bits per heavy atom. The highest BCUT2D eigenvalue weighted by Gasteiger charge is 2.07. The van der Waals surface area contributed by atoms with Gasteiger partial charge in [-0.1, -0.05) is 0 Å². The Labute approximate surface area is 66.2 Å². The second-order valence-electron chi connectivity index (χ2n) is 2.63. The molecule has 0 aromatic rings. The van der Waals surface area contributed by atoms with Crippen LogP contribution in [-0.2, 0) is 4.79 Å². The average Bonchev–Trinajstić information content (AvgIpc) is 1.86. The lowest BCUT2D eigenvalue weighted by Crippen LogP contribution is -2.36. The fourth-order valence-electron chi connectivity index (χ4n) is 0.577. The van der Waals surface area contributed by atoms with Crippen molar-refractivity contribution in [1.29, 1.82) is 0 Å². The van der Waals surface area contributed by atoms with E-state index in [0.29, 0.717) is 6.54 Å². The number of aliphatic carboxylic acids is 1. The first-order chi connectivity index (χ1) is 5.04. The maximum absolute atomic E-state index is 10.0. The molecular weight excluding hydrogens is 146 g/mol. The minimum atomic E-state index is -0.824. The molecule has 0 heterocycles. The largest absolute Gasteiger partial charge is 0.481 e. The molecule has 0 saturated heterocycles. The molecule has 0 saturated carbocycles. The van der Waals surface area contributed by atoms with Gasteiger partial charge in [-0.05, 0) is 13.8 Å². The Hall–Kier alpha value is -0.610. The number of carboxylic acids is 1. The van der Waals surface area contributed by atoms with Crippen molar-refractivity contribution >= 4 is 5.97 Å². The molecule has 0 bridgehead atoms. The Balaban J connectivity index is 3.31. The third-order valence-electron chi connectivity index (χ3n) is 1.53. The molecule has 0 aliphatic carbocycles. The molecule has 0 aliphatic rings. The van der Waals surface area contributed by atoms with Gasteiger partial charge in [0.25, 0.3) is 0 Å². The number of hydrogen-bond donors (Lipinski definition) is 3. The molecule has 2 atom stereocenters. The topological polar surface area (TPSA) is 69.6 Å². The molecule has 4 nitrogen and oxygen atoms in total. The van der Waals surface area contributed by atoms with Gasteiger partial charge in [0.1, 0.15) is 0 Å². The number of carboxylic acid groups (broad SMARTS) is 1. The predicted octanol–water partition coefficient (Wildman–Crippen LogP) is -0.180. The van der Waals surface area contributed by atoms with Crippen LogP contribution in [0.5, 0.6) is 0 Å². The molecule has 11 heavy (non-hydrogen) atoms. The maximum Gasteiger partial charge on any atom is 0.304 e. The first-order valence-electron chi connectivity index (χ1n) is 3.67. The van der Waals surface area contributed by atoms with Crippen molar-refractivity contribution < 1.29 is 15.0 Å². The molecule has 0 spiro atoms. The van der Waals surface area contributed by atoms with E-state index in [1.54, 1.807) is 6.92 Å². The molecule has 3 N–H and O–H groups in total. The van der Waals surface area contributed by atoms with Crippen molar-refractivity contribution in [1.82, 2.24) is 5.32 Å². The van der Waals surface area contributed by atoms with Crippen LogP contribution in [0.2, 0.25) is 0 Å². The molecule has 0 rings (SSSR count). The lowest BCUT2D eigenvalue weighted by Gasteiger charge is -2.15. The fourth-order valence-corrected chi connectivity index (χ4v) is 0.577. The van der Waals surface area contributed by atoms with Crippen LogP contribution in [0.3, 0.4) is 0 Å². The first-order valence-corrected chi connectivity index (χ1v) is 3.67. The van der Waals surface area contributed by atoms with Crippen LogP contribution in [0.15, 0.2) is 0 Å². The smallest absolute Gasteiger partial charge is 0.304 e. The van der Waals surface area contributed by atoms with Crippen LogP contribution in [0.1, 0.15) is 20.3 Å². The highest BCUT2D eigenvalue weighted by molar-refractivity contribution is 5.66. The van der Waals surface area contributed by atoms with Gasteiger partial charge in [0, 0.05) is 12.6 Å². The third-order valence-corrected chi connectivity index (χ3v) is 1.53. The van der Waals surface area contributed by atoms with Crippen LogP contribution in [-0.4, -0.2) is 34.9 Å². The zero-order valence-corrected chi connectivity index (χ0v) is 6.87. The van der Waals surface area contributed by atoms with Gasteiger partial charge in [0.2, 0.25) is 0 Å². The first kappa shape index (κ1) is 10.4. The number of rotatable bonds is 5. The molecule has 0 amide bonds. The lowest BCUT2D eigenvalue weighted by atomic mass is 10.2. The quantitative estimate of drug-likeness (QED) is 0.523. The van der Waals surface area contributed by atoms with Crippen LogP contribution < -0.4 is 5.32 Å². The average molecular weight is 161 g/mol. The number of aliphatic hydroxyl groups is 1. The standard InChI is InChI=1S/C7H15NO3/c1-5(6(2)9)8-4-3-7(10)11/h5-6,8-9H,3-4H2,1-2H3,(H,10,11). The van der Waals surface area contributed by atoms with Gasteiger partial charge in [0.15, 0.2) is 0 Å². The number of aliphatic hydroxyl groups excluding tert-OH is 1. The van der Waals surface area contributed by atoms with E-state index < -0.39 is 12.1 Å². The van der Waals surface area contributed by atoms with Crippen molar-refractivity contribution in [2.45, 2.75) is 32.4 Å².